The van der Waals surface area contributed by atoms with E-state index in [0.717, 1.165) is 6.07 Å². The van der Waals surface area contributed by atoms with Crippen molar-refractivity contribution in [2.75, 3.05) is 0 Å². The number of alkyl halides is 2. The van der Waals surface area contributed by atoms with Crippen molar-refractivity contribution in [1.29, 1.82) is 0 Å². The van der Waals surface area contributed by atoms with Gasteiger partial charge in [0.05, 0.1) is 4.47 Å². The van der Waals surface area contributed by atoms with E-state index in [1.165, 1.54) is 0 Å². The minimum Gasteiger partial charge on any atom is -0.507 e. The number of halogens is 4. The molecule has 0 saturated carbocycles. The lowest BCUT2D eigenvalue weighted by Gasteiger charge is -2.04. The van der Waals surface area contributed by atoms with Gasteiger partial charge < -0.3 is 5.11 Å². The summed E-state index contributed by atoms with van der Waals surface area (Å²) in [5, 5.41) is 8.91. The Bertz CT molecular complexity index is 301. The number of hydrogen-bond donors (Lipinski definition) is 1. The highest BCUT2D eigenvalue weighted by Gasteiger charge is 2.15. The molecule has 0 aliphatic rings. The Morgan fingerprint density at radius 3 is 2.42 bits per heavy atom. The molecule has 0 heterocycles. The molecule has 0 aliphatic carbocycles. The van der Waals surface area contributed by atoms with Gasteiger partial charge in [-0.15, -0.1) is 0 Å². The fourth-order valence-corrected chi connectivity index (χ4v) is 1.16. The topological polar surface area (TPSA) is 20.2 Å². The number of phenolic OH excluding ortho intramolecular Hbond substituents is 1. The first kappa shape index (κ1) is 9.38. The number of phenols is 1. The fraction of sp³-hybridized carbons (Fsp3) is 0.143. The van der Waals surface area contributed by atoms with Crippen LogP contribution < -0.4 is 0 Å². The summed E-state index contributed by atoms with van der Waals surface area (Å²) in [7, 11) is 0. The van der Waals surface area contributed by atoms with Crippen LogP contribution in [0, 0.1) is 5.82 Å². The molecule has 1 aromatic rings. The molecule has 12 heavy (non-hydrogen) atoms. The maximum atomic E-state index is 12.5. The van der Waals surface area contributed by atoms with Gasteiger partial charge in [0, 0.05) is 11.6 Å². The van der Waals surface area contributed by atoms with E-state index >= 15 is 0 Å². The molecule has 0 aliphatic heterocycles. The molecule has 0 atom stereocenters. The number of aromatic hydroxyl groups is 1. The monoisotopic (exact) mass is 240 g/mol. The molecule has 0 amide bonds. The zero-order valence-corrected chi connectivity index (χ0v) is 7.28. The first-order valence-electron chi connectivity index (χ1n) is 2.98. The summed E-state index contributed by atoms with van der Waals surface area (Å²) in [6.45, 7) is 0. The van der Waals surface area contributed by atoms with Crippen molar-refractivity contribution in [3.05, 3.63) is 28.0 Å². The van der Waals surface area contributed by atoms with E-state index in [2.05, 4.69) is 15.9 Å². The highest BCUT2D eigenvalue weighted by Crippen LogP contribution is 2.34. The van der Waals surface area contributed by atoms with Crippen molar-refractivity contribution >= 4 is 15.9 Å². The lowest BCUT2D eigenvalue weighted by Crippen LogP contribution is -1.88. The Morgan fingerprint density at radius 2 is 1.92 bits per heavy atom. The van der Waals surface area contributed by atoms with Crippen molar-refractivity contribution in [1.82, 2.24) is 0 Å². The SMILES string of the molecule is Oc1cc(F)cc(C(F)F)c1Br. The molecular weight excluding hydrogens is 237 g/mol. The molecule has 1 N–H and O–H groups in total. The zero-order valence-electron chi connectivity index (χ0n) is 5.69. The molecule has 0 aromatic heterocycles. The zero-order chi connectivity index (χ0) is 9.30. The molecule has 1 nitrogen and oxygen atoms in total. The number of benzene rings is 1. The molecule has 0 unspecified atom stereocenters. The first-order valence-corrected chi connectivity index (χ1v) is 3.77. The third kappa shape index (κ3) is 1.72. The summed E-state index contributed by atoms with van der Waals surface area (Å²) < 4.78 is 36.4. The maximum absolute atomic E-state index is 12.5. The number of hydrogen-bond acceptors (Lipinski definition) is 1. The standard InChI is InChI=1S/C7H4BrF3O/c8-6-4(7(10)11)1-3(9)2-5(6)12/h1-2,7,12H. The van der Waals surface area contributed by atoms with Gasteiger partial charge in [-0.1, -0.05) is 0 Å². The summed E-state index contributed by atoms with van der Waals surface area (Å²) in [5.74, 6) is -1.41. The largest absolute Gasteiger partial charge is 0.507 e. The van der Waals surface area contributed by atoms with E-state index in [4.69, 9.17) is 5.11 Å². The summed E-state index contributed by atoms with van der Waals surface area (Å²) >= 11 is 2.72. The molecule has 0 fully saturated rings. The molecule has 0 radical (unpaired) electrons. The van der Waals surface area contributed by atoms with Gasteiger partial charge in [0.1, 0.15) is 11.6 Å². The van der Waals surface area contributed by atoms with Gasteiger partial charge in [-0.3, -0.25) is 0 Å². The van der Waals surface area contributed by atoms with Gasteiger partial charge in [0.2, 0.25) is 0 Å². The van der Waals surface area contributed by atoms with Gasteiger partial charge in [0.15, 0.2) is 0 Å². The highest BCUT2D eigenvalue weighted by molar-refractivity contribution is 9.10. The lowest BCUT2D eigenvalue weighted by molar-refractivity contribution is 0.149. The van der Waals surface area contributed by atoms with E-state index in [1.807, 2.05) is 0 Å². The van der Waals surface area contributed by atoms with Gasteiger partial charge in [-0.25, -0.2) is 13.2 Å². The summed E-state index contributed by atoms with van der Waals surface area (Å²) in [4.78, 5) is 0. The minimum absolute atomic E-state index is 0.168. The van der Waals surface area contributed by atoms with Crippen molar-refractivity contribution in [2.24, 2.45) is 0 Å². The Balaban J connectivity index is 3.28. The maximum Gasteiger partial charge on any atom is 0.265 e. The molecule has 0 bridgehead atoms. The molecule has 5 heteroatoms. The van der Waals surface area contributed by atoms with Crippen LogP contribution in [0.4, 0.5) is 13.2 Å². The molecule has 1 rings (SSSR count). The van der Waals surface area contributed by atoms with Crippen molar-refractivity contribution in [3.8, 4) is 5.75 Å². The van der Waals surface area contributed by atoms with Gasteiger partial charge in [0.25, 0.3) is 6.43 Å². The minimum atomic E-state index is -2.80. The van der Waals surface area contributed by atoms with E-state index in [-0.39, 0.29) is 4.47 Å². The van der Waals surface area contributed by atoms with Crippen LogP contribution in [-0.4, -0.2) is 5.11 Å². The Morgan fingerprint density at radius 1 is 1.33 bits per heavy atom. The van der Waals surface area contributed by atoms with Gasteiger partial charge >= 0.3 is 0 Å². The predicted molar refractivity (Wildman–Crippen MR) is 40.7 cm³/mol. The molecular formula is C7H4BrF3O. The van der Waals surface area contributed by atoms with Crippen LogP contribution in [0.2, 0.25) is 0 Å². The van der Waals surface area contributed by atoms with Crippen molar-refractivity contribution in [2.45, 2.75) is 6.43 Å². The number of rotatable bonds is 1. The summed E-state index contributed by atoms with van der Waals surface area (Å²) in [6.07, 6.45) is -2.80. The Kier molecular flexibility index (Phi) is 2.62. The quantitative estimate of drug-likeness (QED) is 0.800. The summed E-state index contributed by atoms with van der Waals surface area (Å²) in [6, 6.07) is 1.43. The van der Waals surface area contributed by atoms with Crippen LogP contribution in [0.15, 0.2) is 16.6 Å². The van der Waals surface area contributed by atoms with Crippen LogP contribution >= 0.6 is 15.9 Å². The second kappa shape index (κ2) is 3.35. The first-order chi connectivity index (χ1) is 5.52. The Labute approximate surface area is 75.0 Å². The van der Waals surface area contributed by atoms with Gasteiger partial charge in [-0.05, 0) is 22.0 Å². The van der Waals surface area contributed by atoms with E-state index in [0.29, 0.717) is 6.07 Å². The van der Waals surface area contributed by atoms with E-state index < -0.39 is 23.6 Å². The molecule has 1 aromatic carbocycles. The Hall–Kier alpha value is -0.710. The van der Waals surface area contributed by atoms with Gasteiger partial charge in [-0.2, -0.15) is 0 Å². The lowest BCUT2D eigenvalue weighted by atomic mass is 10.2. The van der Waals surface area contributed by atoms with Crippen molar-refractivity contribution in [3.63, 3.8) is 0 Å². The van der Waals surface area contributed by atoms with Crippen LogP contribution in [0.5, 0.6) is 5.75 Å². The molecule has 66 valence electrons. The second-order valence-corrected chi connectivity index (χ2v) is 2.92. The third-order valence-corrected chi connectivity index (χ3v) is 2.15. The second-order valence-electron chi connectivity index (χ2n) is 2.13. The highest BCUT2D eigenvalue weighted by atomic mass is 79.9. The predicted octanol–water partition coefficient (Wildman–Crippen LogP) is 3.23. The molecule has 0 spiro atoms. The van der Waals surface area contributed by atoms with Crippen LogP contribution in [-0.2, 0) is 0 Å². The van der Waals surface area contributed by atoms with E-state index in [1.54, 1.807) is 0 Å². The van der Waals surface area contributed by atoms with Crippen LogP contribution in [0.3, 0.4) is 0 Å². The van der Waals surface area contributed by atoms with Crippen LogP contribution in [0.1, 0.15) is 12.0 Å². The third-order valence-electron chi connectivity index (χ3n) is 1.28. The fourth-order valence-electron chi connectivity index (χ4n) is 0.754. The average molecular weight is 241 g/mol. The normalized spacial score (nSPS) is 10.8. The average Bonchev–Trinajstić information content (AvgIpc) is 1.96. The van der Waals surface area contributed by atoms with Crippen LogP contribution in [0.25, 0.3) is 0 Å². The molecule has 0 saturated heterocycles. The van der Waals surface area contributed by atoms with Crippen molar-refractivity contribution < 1.29 is 18.3 Å². The summed E-state index contributed by atoms with van der Waals surface area (Å²) in [5.41, 5.74) is -0.549. The van der Waals surface area contributed by atoms with E-state index in [9.17, 15) is 13.2 Å². The smallest absolute Gasteiger partial charge is 0.265 e.